The van der Waals surface area contributed by atoms with E-state index in [1.165, 1.54) is 6.07 Å². The molecule has 3 aromatic carbocycles. The predicted molar refractivity (Wildman–Crippen MR) is 90.6 cm³/mol. The van der Waals surface area contributed by atoms with Crippen LogP contribution < -0.4 is 0 Å². The van der Waals surface area contributed by atoms with Gasteiger partial charge in [-0.05, 0) is 53.4 Å². The van der Waals surface area contributed by atoms with Crippen LogP contribution in [0.2, 0.25) is 0 Å². The number of nitro groups is 1. The maximum Gasteiger partial charge on any atom is 0.272 e. The summed E-state index contributed by atoms with van der Waals surface area (Å²) in [6, 6.07) is 16.7. The van der Waals surface area contributed by atoms with E-state index in [2.05, 4.69) is 0 Å². The fraction of sp³-hybridized carbons (Fsp3) is 0.158. The molecule has 0 saturated heterocycles. The van der Waals surface area contributed by atoms with Gasteiger partial charge in [0.05, 0.1) is 4.92 Å². The minimum absolute atomic E-state index is 0.0654. The van der Waals surface area contributed by atoms with E-state index in [1.807, 2.05) is 43.3 Å². The van der Waals surface area contributed by atoms with Gasteiger partial charge in [0.25, 0.3) is 5.69 Å². The Morgan fingerprint density at radius 2 is 1.74 bits per heavy atom. The van der Waals surface area contributed by atoms with Crippen LogP contribution in [-0.4, -0.2) is 10.0 Å². The number of nitrogens with zero attached hydrogens (tertiary/aromatic N) is 1. The van der Waals surface area contributed by atoms with Gasteiger partial charge in [-0.1, -0.05) is 36.4 Å². The minimum atomic E-state index is -0.819. The molecule has 1 atom stereocenters. The molecule has 3 rings (SSSR count). The molecule has 1 N–H and O–H groups in total. The van der Waals surface area contributed by atoms with E-state index >= 15 is 0 Å². The molecule has 0 aromatic heterocycles. The Morgan fingerprint density at radius 3 is 2.43 bits per heavy atom. The third-order valence-electron chi connectivity index (χ3n) is 4.20. The molecule has 0 aliphatic heterocycles. The van der Waals surface area contributed by atoms with E-state index < -0.39 is 11.0 Å². The second kappa shape index (κ2) is 5.82. The molecule has 116 valence electrons. The number of aliphatic hydroxyl groups is 1. The number of aryl methyl sites for hydroxylation is 2. The molecule has 0 radical (unpaired) electrons. The van der Waals surface area contributed by atoms with Gasteiger partial charge in [0.15, 0.2) is 0 Å². The summed E-state index contributed by atoms with van der Waals surface area (Å²) in [5, 5.41) is 23.9. The summed E-state index contributed by atoms with van der Waals surface area (Å²) in [6.45, 7) is 3.65. The highest BCUT2D eigenvalue weighted by Crippen LogP contribution is 2.33. The van der Waals surface area contributed by atoms with Crippen molar-refractivity contribution < 1.29 is 10.0 Å². The fourth-order valence-corrected chi connectivity index (χ4v) is 2.99. The molecule has 0 fully saturated rings. The Hall–Kier alpha value is -2.72. The lowest BCUT2D eigenvalue weighted by atomic mass is 9.91. The third kappa shape index (κ3) is 2.69. The highest BCUT2D eigenvalue weighted by molar-refractivity contribution is 5.87. The van der Waals surface area contributed by atoms with Crippen molar-refractivity contribution in [2.45, 2.75) is 20.0 Å². The average Bonchev–Trinajstić information content (AvgIpc) is 2.53. The molecule has 0 aliphatic rings. The summed E-state index contributed by atoms with van der Waals surface area (Å²) in [7, 11) is 0. The van der Waals surface area contributed by atoms with Crippen molar-refractivity contribution in [3.05, 3.63) is 87.0 Å². The standard InChI is InChI=1S/C19H17NO3/c1-12-7-8-14-5-3-4-6-16(14)18(12)19(21)15-9-10-17(20(22)23)13(2)11-15/h3-11,19,21H,1-2H3. The fourth-order valence-electron chi connectivity index (χ4n) is 2.99. The van der Waals surface area contributed by atoms with E-state index in [0.717, 1.165) is 21.9 Å². The van der Waals surface area contributed by atoms with Gasteiger partial charge >= 0.3 is 0 Å². The predicted octanol–water partition coefficient (Wildman–Crippen LogP) is 4.45. The number of fused-ring (bicyclic) bond motifs is 1. The molecule has 4 heteroatoms. The Balaban J connectivity index is 2.14. The van der Waals surface area contributed by atoms with Crippen molar-refractivity contribution in [3.63, 3.8) is 0 Å². The maximum absolute atomic E-state index is 10.9. The van der Waals surface area contributed by atoms with Gasteiger partial charge in [0, 0.05) is 11.6 Å². The lowest BCUT2D eigenvalue weighted by molar-refractivity contribution is -0.385. The zero-order valence-corrected chi connectivity index (χ0v) is 13.0. The minimum Gasteiger partial charge on any atom is -0.384 e. The number of hydrogen-bond donors (Lipinski definition) is 1. The van der Waals surface area contributed by atoms with Gasteiger partial charge in [0.1, 0.15) is 6.10 Å². The third-order valence-corrected chi connectivity index (χ3v) is 4.20. The summed E-state index contributed by atoms with van der Waals surface area (Å²) in [6.07, 6.45) is -0.819. The summed E-state index contributed by atoms with van der Waals surface area (Å²) >= 11 is 0. The monoisotopic (exact) mass is 307 g/mol. The zero-order valence-electron chi connectivity index (χ0n) is 13.0. The number of hydrogen-bond acceptors (Lipinski definition) is 3. The molecule has 0 amide bonds. The lowest BCUT2D eigenvalue weighted by Gasteiger charge is -2.17. The largest absolute Gasteiger partial charge is 0.384 e. The number of rotatable bonds is 3. The van der Waals surface area contributed by atoms with E-state index in [0.29, 0.717) is 11.1 Å². The summed E-state index contributed by atoms with van der Waals surface area (Å²) in [4.78, 5) is 10.5. The van der Waals surface area contributed by atoms with Gasteiger partial charge < -0.3 is 5.11 Å². The summed E-state index contributed by atoms with van der Waals surface area (Å²) in [5.74, 6) is 0. The Labute approximate surface area is 134 Å². The van der Waals surface area contributed by atoms with Crippen molar-refractivity contribution in [1.82, 2.24) is 0 Å². The SMILES string of the molecule is Cc1cc(C(O)c2c(C)ccc3ccccc23)ccc1[N+](=O)[O-]. The molecule has 1 unspecified atom stereocenters. The smallest absolute Gasteiger partial charge is 0.272 e. The van der Waals surface area contributed by atoms with E-state index in [4.69, 9.17) is 0 Å². The molecule has 3 aromatic rings. The molecular weight excluding hydrogens is 290 g/mol. The van der Waals surface area contributed by atoms with Crippen molar-refractivity contribution in [2.75, 3.05) is 0 Å². The van der Waals surface area contributed by atoms with E-state index in [-0.39, 0.29) is 5.69 Å². The van der Waals surface area contributed by atoms with Crippen LogP contribution in [0.3, 0.4) is 0 Å². The highest BCUT2D eigenvalue weighted by atomic mass is 16.6. The van der Waals surface area contributed by atoms with Crippen molar-refractivity contribution in [1.29, 1.82) is 0 Å². The van der Waals surface area contributed by atoms with Gasteiger partial charge in [-0.15, -0.1) is 0 Å². The molecular formula is C19H17NO3. The van der Waals surface area contributed by atoms with E-state index in [9.17, 15) is 15.2 Å². The van der Waals surface area contributed by atoms with Gasteiger partial charge in [-0.3, -0.25) is 10.1 Å². The Morgan fingerprint density at radius 1 is 1.00 bits per heavy atom. The van der Waals surface area contributed by atoms with Gasteiger partial charge in [-0.25, -0.2) is 0 Å². The first kappa shape index (κ1) is 15.2. The van der Waals surface area contributed by atoms with Crippen LogP contribution >= 0.6 is 0 Å². The second-order valence-electron chi connectivity index (χ2n) is 5.72. The molecule has 23 heavy (non-hydrogen) atoms. The maximum atomic E-state index is 10.9. The van der Waals surface area contributed by atoms with E-state index in [1.54, 1.807) is 19.1 Å². The number of aliphatic hydroxyl groups excluding tert-OH is 1. The van der Waals surface area contributed by atoms with Crippen LogP contribution in [0.5, 0.6) is 0 Å². The van der Waals surface area contributed by atoms with Crippen LogP contribution in [0.25, 0.3) is 10.8 Å². The van der Waals surface area contributed by atoms with Crippen LogP contribution in [-0.2, 0) is 0 Å². The first-order valence-corrected chi connectivity index (χ1v) is 7.40. The quantitative estimate of drug-likeness (QED) is 0.574. The molecule has 0 aliphatic carbocycles. The first-order chi connectivity index (χ1) is 11.0. The summed E-state index contributed by atoms with van der Waals surface area (Å²) < 4.78 is 0. The lowest BCUT2D eigenvalue weighted by Crippen LogP contribution is -2.04. The topological polar surface area (TPSA) is 63.4 Å². The van der Waals surface area contributed by atoms with Gasteiger partial charge in [-0.2, -0.15) is 0 Å². The summed E-state index contributed by atoms with van der Waals surface area (Å²) in [5.41, 5.74) is 3.11. The first-order valence-electron chi connectivity index (χ1n) is 7.40. The molecule has 0 heterocycles. The molecule has 0 bridgehead atoms. The van der Waals surface area contributed by atoms with Crippen molar-refractivity contribution in [2.24, 2.45) is 0 Å². The van der Waals surface area contributed by atoms with Crippen LogP contribution in [0.4, 0.5) is 5.69 Å². The molecule has 0 spiro atoms. The average molecular weight is 307 g/mol. The van der Waals surface area contributed by atoms with Crippen molar-refractivity contribution in [3.8, 4) is 0 Å². The zero-order chi connectivity index (χ0) is 16.6. The Bertz CT molecular complexity index is 902. The second-order valence-corrected chi connectivity index (χ2v) is 5.72. The number of nitro benzene ring substituents is 1. The number of benzene rings is 3. The van der Waals surface area contributed by atoms with Crippen LogP contribution in [0.15, 0.2) is 54.6 Å². The molecule has 0 saturated carbocycles. The van der Waals surface area contributed by atoms with Gasteiger partial charge in [0.2, 0.25) is 0 Å². The van der Waals surface area contributed by atoms with Crippen molar-refractivity contribution >= 4 is 16.5 Å². The highest BCUT2D eigenvalue weighted by Gasteiger charge is 2.19. The molecule has 4 nitrogen and oxygen atoms in total. The normalized spacial score (nSPS) is 12.3. The van der Waals surface area contributed by atoms with Crippen LogP contribution in [0.1, 0.15) is 28.4 Å². The van der Waals surface area contributed by atoms with Crippen LogP contribution in [0, 0.1) is 24.0 Å². The Kier molecular flexibility index (Phi) is 3.84.